The third-order valence-corrected chi connectivity index (χ3v) is 5.61. The second-order valence-electron chi connectivity index (χ2n) is 7.87. The van der Waals surface area contributed by atoms with Gasteiger partial charge in [-0.25, -0.2) is 9.97 Å². The first-order valence-electron chi connectivity index (χ1n) is 10.9. The maximum atomic E-state index is 12.9. The van der Waals surface area contributed by atoms with Crippen LogP contribution < -0.4 is 11.1 Å². The topological polar surface area (TPSA) is 112 Å². The molecular weight excluding hydrogens is 442 g/mol. The molecule has 0 aliphatic carbocycles. The lowest BCUT2D eigenvalue weighted by atomic mass is 10.2. The van der Waals surface area contributed by atoms with Crippen molar-refractivity contribution in [3.05, 3.63) is 79.8 Å². The fraction of sp³-hybridized carbons (Fsp3) is 0.292. The highest BCUT2D eigenvalue weighted by atomic mass is 35.5. The number of nitrogens with one attached hydrogen (secondary N) is 2. The molecule has 2 aromatic heterocycles. The first kappa shape index (κ1) is 22.7. The minimum atomic E-state index is -0.262. The zero-order valence-electron chi connectivity index (χ0n) is 18.2. The normalized spacial score (nSPS) is 11.2. The molecule has 0 aliphatic rings. The molecule has 0 radical (unpaired) electrons. The number of aryl methyl sites for hydroxylation is 1. The molecule has 0 aliphatic heterocycles. The molecule has 8 nitrogen and oxygen atoms in total. The number of rotatable bonds is 8. The van der Waals surface area contributed by atoms with Crippen LogP contribution in [0.1, 0.15) is 37.8 Å². The lowest BCUT2D eigenvalue weighted by Gasteiger charge is -2.21. The van der Waals surface area contributed by atoms with Gasteiger partial charge in [0.2, 0.25) is 5.91 Å². The molecule has 4 aromatic rings. The number of carbonyl (C=O) groups excluding carboxylic acids is 1. The maximum Gasteiger partial charge on any atom is 0.258 e. The maximum absolute atomic E-state index is 12.9. The molecule has 0 saturated carbocycles. The predicted molar refractivity (Wildman–Crippen MR) is 128 cm³/mol. The van der Waals surface area contributed by atoms with Crippen molar-refractivity contribution in [1.29, 1.82) is 0 Å². The molecule has 170 valence electrons. The summed E-state index contributed by atoms with van der Waals surface area (Å²) in [6.45, 7) is 2.73. The zero-order chi connectivity index (χ0) is 23.4. The number of halogens is 1. The van der Waals surface area contributed by atoms with Gasteiger partial charge < -0.3 is 14.9 Å². The molecule has 2 heterocycles. The zero-order valence-corrected chi connectivity index (χ0v) is 19.0. The van der Waals surface area contributed by atoms with Crippen molar-refractivity contribution in [3.63, 3.8) is 0 Å². The first-order chi connectivity index (χ1) is 15.9. The van der Waals surface area contributed by atoms with E-state index in [1.807, 2.05) is 13.0 Å². The van der Waals surface area contributed by atoms with Crippen LogP contribution >= 0.6 is 11.6 Å². The monoisotopic (exact) mass is 465 g/mol. The van der Waals surface area contributed by atoms with E-state index in [2.05, 4.69) is 19.9 Å². The van der Waals surface area contributed by atoms with E-state index in [1.54, 1.807) is 41.3 Å². The van der Waals surface area contributed by atoms with Gasteiger partial charge in [-0.3, -0.25) is 14.4 Å². The minimum absolute atomic E-state index is 0.0474. The number of nitrogens with zero attached hydrogens (tertiary/aromatic N) is 3. The minimum Gasteiger partial charge on any atom is -0.335 e. The SMILES string of the molecule is CCCN(Cc1nc2cc(Cl)ccc2c(=O)[nH]1)C(=O)CCCc1nc2ccccc2c(=O)[nH]1. The van der Waals surface area contributed by atoms with Gasteiger partial charge in [0.25, 0.3) is 11.1 Å². The summed E-state index contributed by atoms with van der Waals surface area (Å²) < 4.78 is 0. The van der Waals surface area contributed by atoms with Crippen LogP contribution in [0.4, 0.5) is 0 Å². The third-order valence-electron chi connectivity index (χ3n) is 5.37. The van der Waals surface area contributed by atoms with Crippen LogP contribution in [0.2, 0.25) is 5.02 Å². The number of para-hydroxylation sites is 1. The van der Waals surface area contributed by atoms with Crippen molar-refractivity contribution in [2.24, 2.45) is 0 Å². The highest BCUT2D eigenvalue weighted by Gasteiger charge is 2.16. The van der Waals surface area contributed by atoms with E-state index in [-0.39, 0.29) is 23.6 Å². The largest absolute Gasteiger partial charge is 0.335 e. The molecule has 2 aromatic carbocycles. The molecule has 0 atom stereocenters. The highest BCUT2D eigenvalue weighted by Crippen LogP contribution is 2.15. The fourth-order valence-corrected chi connectivity index (χ4v) is 3.96. The van der Waals surface area contributed by atoms with Gasteiger partial charge >= 0.3 is 0 Å². The molecule has 0 bridgehead atoms. The van der Waals surface area contributed by atoms with Crippen LogP contribution in [0.3, 0.4) is 0 Å². The summed E-state index contributed by atoms with van der Waals surface area (Å²) in [7, 11) is 0. The number of aromatic nitrogens is 4. The van der Waals surface area contributed by atoms with E-state index in [4.69, 9.17) is 11.6 Å². The summed E-state index contributed by atoms with van der Waals surface area (Å²) in [4.78, 5) is 53.7. The molecule has 0 saturated heterocycles. The Bertz CT molecular complexity index is 1430. The number of aromatic amines is 2. The van der Waals surface area contributed by atoms with Crippen molar-refractivity contribution < 1.29 is 4.79 Å². The van der Waals surface area contributed by atoms with Crippen LogP contribution in [-0.2, 0) is 17.8 Å². The van der Waals surface area contributed by atoms with Crippen molar-refractivity contribution >= 4 is 39.3 Å². The Labute approximate surface area is 194 Å². The standard InChI is InChI=1S/C24H24ClN5O3/c1-2-12-30(14-21-27-19-13-15(25)10-11-17(19)24(33)29-21)22(31)9-5-8-20-26-18-7-4-3-6-16(18)23(32)28-20/h3-4,6-7,10-11,13H,2,5,8-9,12,14H2,1H3,(H,26,28,32)(H,27,29,33). The number of hydrogen-bond donors (Lipinski definition) is 2. The van der Waals surface area contributed by atoms with E-state index >= 15 is 0 Å². The number of hydrogen-bond acceptors (Lipinski definition) is 5. The molecule has 1 amide bonds. The summed E-state index contributed by atoms with van der Waals surface area (Å²) >= 11 is 6.03. The Hall–Kier alpha value is -3.52. The summed E-state index contributed by atoms with van der Waals surface area (Å²) in [5.41, 5.74) is 0.695. The molecule has 0 spiro atoms. The quantitative estimate of drug-likeness (QED) is 0.413. The van der Waals surface area contributed by atoms with E-state index in [9.17, 15) is 14.4 Å². The van der Waals surface area contributed by atoms with E-state index < -0.39 is 0 Å². The summed E-state index contributed by atoms with van der Waals surface area (Å²) in [5, 5.41) is 1.49. The molecule has 9 heteroatoms. The van der Waals surface area contributed by atoms with Crippen LogP contribution in [0.25, 0.3) is 21.8 Å². The van der Waals surface area contributed by atoms with Crippen molar-refractivity contribution in [1.82, 2.24) is 24.8 Å². The number of H-pyrrole nitrogens is 2. The summed E-state index contributed by atoms with van der Waals surface area (Å²) in [5.74, 6) is 0.928. The van der Waals surface area contributed by atoms with Crippen LogP contribution in [0.5, 0.6) is 0 Å². The molecule has 33 heavy (non-hydrogen) atoms. The van der Waals surface area contributed by atoms with Gasteiger partial charge in [0.15, 0.2) is 0 Å². The van der Waals surface area contributed by atoms with Crippen molar-refractivity contribution in [2.45, 2.75) is 39.2 Å². The second kappa shape index (κ2) is 9.95. The molecule has 0 fully saturated rings. The van der Waals surface area contributed by atoms with E-state index in [0.717, 1.165) is 6.42 Å². The van der Waals surface area contributed by atoms with Gasteiger partial charge in [-0.05, 0) is 43.2 Å². The lowest BCUT2D eigenvalue weighted by Crippen LogP contribution is -2.32. The van der Waals surface area contributed by atoms with Gasteiger partial charge in [0.1, 0.15) is 11.6 Å². The summed E-state index contributed by atoms with van der Waals surface area (Å²) in [6, 6.07) is 12.1. The number of benzene rings is 2. The smallest absolute Gasteiger partial charge is 0.258 e. The molecule has 2 N–H and O–H groups in total. The average molecular weight is 466 g/mol. The third kappa shape index (κ3) is 5.28. The van der Waals surface area contributed by atoms with E-state index in [0.29, 0.717) is 64.3 Å². The van der Waals surface area contributed by atoms with Gasteiger partial charge in [-0.15, -0.1) is 0 Å². The Morgan fingerprint density at radius 3 is 2.45 bits per heavy atom. The Balaban J connectivity index is 1.44. The Kier molecular flexibility index (Phi) is 6.84. The fourth-order valence-electron chi connectivity index (χ4n) is 3.80. The van der Waals surface area contributed by atoms with Gasteiger partial charge in [-0.1, -0.05) is 30.7 Å². The highest BCUT2D eigenvalue weighted by molar-refractivity contribution is 6.31. The second-order valence-corrected chi connectivity index (χ2v) is 8.31. The van der Waals surface area contributed by atoms with Crippen LogP contribution in [0.15, 0.2) is 52.1 Å². The Morgan fingerprint density at radius 1 is 0.970 bits per heavy atom. The average Bonchev–Trinajstić information content (AvgIpc) is 2.78. The molecule has 4 rings (SSSR count). The number of fused-ring (bicyclic) bond motifs is 2. The summed E-state index contributed by atoms with van der Waals surface area (Å²) in [6.07, 6.45) is 2.09. The van der Waals surface area contributed by atoms with Crippen LogP contribution in [0, 0.1) is 0 Å². The van der Waals surface area contributed by atoms with Crippen LogP contribution in [-0.4, -0.2) is 37.3 Å². The van der Waals surface area contributed by atoms with Gasteiger partial charge in [0, 0.05) is 24.4 Å². The Morgan fingerprint density at radius 2 is 1.67 bits per heavy atom. The number of amides is 1. The first-order valence-corrected chi connectivity index (χ1v) is 11.3. The van der Waals surface area contributed by atoms with Gasteiger partial charge in [-0.2, -0.15) is 0 Å². The lowest BCUT2D eigenvalue weighted by molar-refractivity contribution is -0.132. The predicted octanol–water partition coefficient (Wildman–Crippen LogP) is 3.57. The number of carbonyl (C=O) groups is 1. The molecule has 0 unspecified atom stereocenters. The van der Waals surface area contributed by atoms with Crippen molar-refractivity contribution in [2.75, 3.05) is 6.54 Å². The van der Waals surface area contributed by atoms with Gasteiger partial charge in [0.05, 0.1) is 28.4 Å². The van der Waals surface area contributed by atoms with E-state index in [1.165, 1.54) is 0 Å². The van der Waals surface area contributed by atoms with Crippen molar-refractivity contribution in [3.8, 4) is 0 Å². The molecular formula is C24H24ClN5O3.